The molecular weight excluding hydrogens is 340 g/mol. The van der Waals surface area contributed by atoms with Gasteiger partial charge in [-0.2, -0.15) is 0 Å². The lowest BCUT2D eigenvalue weighted by molar-refractivity contribution is 0.509. The molecule has 0 spiro atoms. The molecule has 1 nitrogen and oxygen atoms in total. The van der Waals surface area contributed by atoms with E-state index in [1.54, 1.807) is 6.07 Å². The van der Waals surface area contributed by atoms with Gasteiger partial charge in [-0.1, -0.05) is 48.5 Å². The fraction of sp³-hybridized carbons (Fsp3) is 0.125. The number of benzene rings is 3. The van der Waals surface area contributed by atoms with Crippen LogP contribution in [-0.2, 0) is 6.42 Å². The minimum Gasteiger partial charge on any atom is -0.256 e. The maximum absolute atomic E-state index is 13.4. The molecule has 3 aromatic rings. The average molecular weight is 361 g/mol. The zero-order valence-electron chi connectivity index (χ0n) is 15.0. The molecule has 0 fully saturated rings. The van der Waals surface area contributed by atoms with Gasteiger partial charge in [0.25, 0.3) is 0 Å². The molecule has 0 heterocycles. The van der Waals surface area contributed by atoms with E-state index in [9.17, 15) is 8.78 Å². The van der Waals surface area contributed by atoms with Gasteiger partial charge in [-0.3, -0.25) is 4.99 Å². The summed E-state index contributed by atoms with van der Waals surface area (Å²) < 4.78 is 26.4. The van der Waals surface area contributed by atoms with Crippen LogP contribution >= 0.6 is 0 Å². The predicted octanol–water partition coefficient (Wildman–Crippen LogP) is 6.89. The fourth-order valence-electron chi connectivity index (χ4n) is 2.79. The summed E-state index contributed by atoms with van der Waals surface area (Å²) in [4.78, 5) is 4.48. The first-order chi connectivity index (χ1) is 13.2. The summed E-state index contributed by atoms with van der Waals surface area (Å²) in [6.45, 7) is 3.74. The van der Waals surface area contributed by atoms with E-state index in [1.165, 1.54) is 11.6 Å². The second-order valence-electron chi connectivity index (χ2n) is 6.36. The Balaban J connectivity index is 1.65. The molecule has 0 amide bonds. The molecule has 3 rings (SSSR count). The summed E-state index contributed by atoms with van der Waals surface area (Å²) in [5.74, 6) is -1.69. The highest BCUT2D eigenvalue weighted by Gasteiger charge is 2.04. The average Bonchev–Trinajstić information content (AvgIpc) is 2.70. The molecule has 3 heteroatoms. The Kier molecular flexibility index (Phi) is 6.26. The SMILES string of the molecule is C=CCCCc1ccc(C=Nc2ccc(-c3ccc(F)c(F)c3)cc2)cc1. The van der Waals surface area contributed by atoms with E-state index in [0.717, 1.165) is 42.1 Å². The van der Waals surface area contributed by atoms with Crippen molar-refractivity contribution in [2.24, 2.45) is 4.99 Å². The maximum atomic E-state index is 13.4. The number of allylic oxidation sites excluding steroid dienone is 1. The molecule has 0 unspecified atom stereocenters. The smallest absolute Gasteiger partial charge is 0.159 e. The molecule has 0 aliphatic carbocycles. The van der Waals surface area contributed by atoms with Crippen molar-refractivity contribution in [2.75, 3.05) is 0 Å². The Morgan fingerprint density at radius 3 is 2.19 bits per heavy atom. The van der Waals surface area contributed by atoms with Gasteiger partial charge in [0.05, 0.1) is 5.69 Å². The third kappa shape index (κ3) is 5.20. The van der Waals surface area contributed by atoms with Crippen LogP contribution in [0.4, 0.5) is 14.5 Å². The quantitative estimate of drug-likeness (QED) is 0.247. The minimum atomic E-state index is -0.845. The van der Waals surface area contributed by atoms with Crippen molar-refractivity contribution in [1.29, 1.82) is 0 Å². The zero-order valence-corrected chi connectivity index (χ0v) is 15.0. The molecule has 0 bridgehead atoms. The predicted molar refractivity (Wildman–Crippen MR) is 109 cm³/mol. The minimum absolute atomic E-state index is 0.636. The number of hydrogen-bond donors (Lipinski definition) is 0. The first-order valence-corrected chi connectivity index (χ1v) is 8.95. The number of aliphatic imine (C=N–C) groups is 1. The molecule has 0 N–H and O–H groups in total. The molecule has 0 aromatic heterocycles. The Morgan fingerprint density at radius 1 is 0.815 bits per heavy atom. The Hall–Kier alpha value is -3.07. The number of nitrogens with zero attached hydrogens (tertiary/aromatic N) is 1. The van der Waals surface area contributed by atoms with Gasteiger partial charge in [0.1, 0.15) is 0 Å². The van der Waals surface area contributed by atoms with Gasteiger partial charge < -0.3 is 0 Å². The molecule has 0 aliphatic rings. The van der Waals surface area contributed by atoms with Gasteiger partial charge >= 0.3 is 0 Å². The molecule has 3 aromatic carbocycles. The van der Waals surface area contributed by atoms with E-state index in [2.05, 4.69) is 35.8 Å². The number of hydrogen-bond acceptors (Lipinski definition) is 1. The second kappa shape index (κ2) is 9.04. The third-order valence-electron chi connectivity index (χ3n) is 4.34. The number of aryl methyl sites for hydroxylation is 1. The van der Waals surface area contributed by atoms with Gasteiger partial charge in [0.2, 0.25) is 0 Å². The molecule has 0 radical (unpaired) electrons. The Labute approximate surface area is 158 Å². The standard InChI is InChI=1S/C24H21F2N/c1-2-3-4-5-18-6-8-19(9-7-18)17-27-22-13-10-20(11-14-22)21-12-15-23(25)24(26)16-21/h2,6-17H,1,3-5H2. The highest BCUT2D eigenvalue weighted by Crippen LogP contribution is 2.24. The summed E-state index contributed by atoms with van der Waals surface area (Å²) in [5, 5.41) is 0. The van der Waals surface area contributed by atoms with Crippen LogP contribution in [-0.4, -0.2) is 6.21 Å². The van der Waals surface area contributed by atoms with Crippen LogP contribution in [0.2, 0.25) is 0 Å². The molecule has 0 saturated carbocycles. The first-order valence-electron chi connectivity index (χ1n) is 8.95. The van der Waals surface area contributed by atoms with Crippen LogP contribution in [0.15, 0.2) is 84.4 Å². The van der Waals surface area contributed by atoms with E-state index < -0.39 is 11.6 Å². The van der Waals surface area contributed by atoms with Crippen molar-refractivity contribution in [2.45, 2.75) is 19.3 Å². The van der Waals surface area contributed by atoms with E-state index >= 15 is 0 Å². The van der Waals surface area contributed by atoms with Crippen molar-refractivity contribution in [3.8, 4) is 11.1 Å². The Bertz CT molecular complexity index is 926. The van der Waals surface area contributed by atoms with Crippen LogP contribution in [0.5, 0.6) is 0 Å². The van der Waals surface area contributed by atoms with Crippen LogP contribution in [0.3, 0.4) is 0 Å². The van der Waals surface area contributed by atoms with Crippen molar-refractivity contribution in [3.05, 3.63) is 102 Å². The third-order valence-corrected chi connectivity index (χ3v) is 4.34. The van der Waals surface area contributed by atoms with E-state index in [-0.39, 0.29) is 0 Å². The van der Waals surface area contributed by atoms with E-state index in [0.29, 0.717) is 5.56 Å². The van der Waals surface area contributed by atoms with Gasteiger partial charge in [-0.05, 0) is 65.8 Å². The largest absolute Gasteiger partial charge is 0.256 e. The monoisotopic (exact) mass is 361 g/mol. The van der Waals surface area contributed by atoms with Crippen LogP contribution < -0.4 is 0 Å². The zero-order chi connectivity index (χ0) is 19.1. The van der Waals surface area contributed by atoms with E-state index in [4.69, 9.17) is 0 Å². The summed E-state index contributed by atoms with van der Waals surface area (Å²) in [7, 11) is 0. The number of unbranched alkanes of at least 4 members (excludes halogenated alkanes) is 1. The molecule has 0 aliphatic heterocycles. The van der Waals surface area contributed by atoms with Crippen molar-refractivity contribution in [1.82, 2.24) is 0 Å². The first kappa shape index (κ1) is 18.7. The van der Waals surface area contributed by atoms with Crippen LogP contribution in [0.1, 0.15) is 24.0 Å². The second-order valence-corrected chi connectivity index (χ2v) is 6.36. The molecule has 0 saturated heterocycles. The summed E-state index contributed by atoms with van der Waals surface area (Å²) in [6, 6.07) is 19.7. The van der Waals surface area contributed by atoms with Gasteiger partial charge in [-0.15, -0.1) is 6.58 Å². The fourth-order valence-corrected chi connectivity index (χ4v) is 2.79. The molecule has 0 atom stereocenters. The highest BCUT2D eigenvalue weighted by atomic mass is 19.2. The number of rotatable bonds is 7. The van der Waals surface area contributed by atoms with Crippen molar-refractivity contribution >= 4 is 11.9 Å². The van der Waals surface area contributed by atoms with Gasteiger partial charge in [0.15, 0.2) is 11.6 Å². The lowest BCUT2D eigenvalue weighted by Gasteiger charge is -2.03. The highest BCUT2D eigenvalue weighted by molar-refractivity contribution is 5.82. The maximum Gasteiger partial charge on any atom is 0.159 e. The molecule has 136 valence electrons. The molecular formula is C24H21F2N. The van der Waals surface area contributed by atoms with Crippen LogP contribution in [0, 0.1) is 11.6 Å². The topological polar surface area (TPSA) is 12.4 Å². The lowest BCUT2D eigenvalue weighted by Crippen LogP contribution is -1.87. The van der Waals surface area contributed by atoms with E-state index in [1.807, 2.05) is 36.6 Å². The lowest BCUT2D eigenvalue weighted by atomic mass is 10.1. The van der Waals surface area contributed by atoms with Crippen LogP contribution in [0.25, 0.3) is 11.1 Å². The Morgan fingerprint density at radius 2 is 1.52 bits per heavy atom. The normalized spacial score (nSPS) is 11.0. The summed E-state index contributed by atoms with van der Waals surface area (Å²) in [6.07, 6.45) is 6.96. The van der Waals surface area contributed by atoms with Crippen molar-refractivity contribution < 1.29 is 8.78 Å². The van der Waals surface area contributed by atoms with Crippen molar-refractivity contribution in [3.63, 3.8) is 0 Å². The number of halogens is 2. The summed E-state index contributed by atoms with van der Waals surface area (Å²) in [5.41, 5.74) is 4.60. The molecule has 27 heavy (non-hydrogen) atoms. The van der Waals surface area contributed by atoms with Gasteiger partial charge in [0, 0.05) is 6.21 Å². The van der Waals surface area contributed by atoms with Gasteiger partial charge in [-0.25, -0.2) is 8.78 Å². The summed E-state index contributed by atoms with van der Waals surface area (Å²) >= 11 is 0.